The summed E-state index contributed by atoms with van der Waals surface area (Å²) in [6.45, 7) is 0.687. The number of nitrogens with zero attached hydrogens (tertiary/aromatic N) is 4. The lowest BCUT2D eigenvalue weighted by molar-refractivity contribution is 0.649. The maximum absolute atomic E-state index is 5.51. The molecule has 3 aromatic rings. The Kier molecular flexibility index (Phi) is 3.76. The predicted molar refractivity (Wildman–Crippen MR) is 78.8 cm³/mol. The fourth-order valence-corrected chi connectivity index (χ4v) is 2.18. The Morgan fingerprint density at radius 1 is 1.05 bits per heavy atom. The van der Waals surface area contributed by atoms with Crippen molar-refractivity contribution in [1.29, 1.82) is 0 Å². The third-order valence-electron chi connectivity index (χ3n) is 2.92. The Bertz CT molecular complexity index is 678. The summed E-state index contributed by atoms with van der Waals surface area (Å²) in [7, 11) is 0. The second kappa shape index (κ2) is 5.85. The Morgan fingerprint density at radius 2 is 1.80 bits per heavy atom. The molecule has 0 aliphatic rings. The van der Waals surface area contributed by atoms with E-state index in [1.165, 1.54) is 11.9 Å². The molecule has 2 N–H and O–H groups in total. The molecule has 3 rings (SSSR count). The van der Waals surface area contributed by atoms with Crippen LogP contribution in [0, 0.1) is 0 Å². The van der Waals surface area contributed by atoms with Crippen LogP contribution in [-0.4, -0.2) is 20.0 Å². The standard InChI is InChI=1S/C14H13N5S/c15-20-13-3-1-12(2-4-13)14-10-19(18-17-14)9-11-5-7-16-8-6-11/h1-8,10H,9,15H2. The summed E-state index contributed by atoms with van der Waals surface area (Å²) >= 11 is 1.23. The number of rotatable bonds is 4. The molecule has 0 aliphatic heterocycles. The SMILES string of the molecule is NSc1ccc(-c2cn(Cc3ccncc3)nn2)cc1. The van der Waals surface area contributed by atoms with Gasteiger partial charge in [-0.15, -0.1) is 5.10 Å². The van der Waals surface area contributed by atoms with Crippen molar-refractivity contribution in [2.45, 2.75) is 11.4 Å². The minimum atomic E-state index is 0.687. The number of benzene rings is 1. The maximum atomic E-state index is 5.51. The van der Waals surface area contributed by atoms with Gasteiger partial charge in [-0.05, 0) is 41.8 Å². The highest BCUT2D eigenvalue weighted by atomic mass is 32.2. The van der Waals surface area contributed by atoms with Crippen LogP contribution in [0.4, 0.5) is 0 Å². The average molecular weight is 283 g/mol. The predicted octanol–water partition coefficient (Wildman–Crippen LogP) is 2.35. The van der Waals surface area contributed by atoms with Crippen LogP contribution in [0.5, 0.6) is 0 Å². The summed E-state index contributed by atoms with van der Waals surface area (Å²) in [5.41, 5.74) is 3.03. The van der Waals surface area contributed by atoms with Gasteiger partial charge in [0.15, 0.2) is 0 Å². The first kappa shape index (κ1) is 12.8. The summed E-state index contributed by atoms with van der Waals surface area (Å²) in [5.74, 6) is 0. The Labute approximate surface area is 121 Å². The number of aromatic nitrogens is 4. The quantitative estimate of drug-likeness (QED) is 0.744. The van der Waals surface area contributed by atoms with Gasteiger partial charge in [-0.3, -0.25) is 10.1 Å². The highest BCUT2D eigenvalue weighted by molar-refractivity contribution is 7.97. The van der Waals surface area contributed by atoms with Crippen LogP contribution in [0.1, 0.15) is 5.56 Å². The first-order chi connectivity index (χ1) is 9.85. The summed E-state index contributed by atoms with van der Waals surface area (Å²) in [4.78, 5) is 5.02. The number of pyridine rings is 1. The van der Waals surface area contributed by atoms with Crippen molar-refractivity contribution in [2.24, 2.45) is 5.14 Å². The van der Waals surface area contributed by atoms with Crippen LogP contribution in [0.15, 0.2) is 59.9 Å². The van der Waals surface area contributed by atoms with Gasteiger partial charge in [0, 0.05) is 22.9 Å². The van der Waals surface area contributed by atoms with Crippen molar-refractivity contribution >= 4 is 11.9 Å². The molecular weight excluding hydrogens is 270 g/mol. The fourth-order valence-electron chi connectivity index (χ4n) is 1.89. The molecule has 0 atom stereocenters. The van der Waals surface area contributed by atoms with Crippen LogP contribution in [0.2, 0.25) is 0 Å². The second-order valence-corrected chi connectivity index (χ2v) is 5.01. The maximum Gasteiger partial charge on any atom is 0.113 e. The van der Waals surface area contributed by atoms with Crippen molar-refractivity contribution in [1.82, 2.24) is 20.0 Å². The van der Waals surface area contributed by atoms with Gasteiger partial charge in [-0.2, -0.15) is 0 Å². The topological polar surface area (TPSA) is 69.6 Å². The van der Waals surface area contributed by atoms with Gasteiger partial charge >= 0.3 is 0 Å². The largest absolute Gasteiger partial charge is 0.274 e. The van der Waals surface area contributed by atoms with Gasteiger partial charge in [0.2, 0.25) is 0 Å². The Morgan fingerprint density at radius 3 is 2.50 bits per heavy atom. The molecule has 0 saturated carbocycles. The van der Waals surface area contributed by atoms with E-state index >= 15 is 0 Å². The van der Waals surface area contributed by atoms with Crippen LogP contribution >= 0.6 is 11.9 Å². The molecule has 2 heterocycles. The van der Waals surface area contributed by atoms with Gasteiger partial charge in [-0.1, -0.05) is 17.3 Å². The molecule has 2 aromatic heterocycles. The lowest BCUT2D eigenvalue weighted by Gasteiger charge is -1.99. The fraction of sp³-hybridized carbons (Fsp3) is 0.0714. The van der Waals surface area contributed by atoms with Gasteiger partial charge in [0.05, 0.1) is 12.7 Å². The smallest absolute Gasteiger partial charge is 0.113 e. The lowest BCUT2D eigenvalue weighted by atomic mass is 10.2. The number of nitrogens with two attached hydrogens (primary N) is 1. The molecule has 0 spiro atoms. The Balaban J connectivity index is 1.79. The van der Waals surface area contributed by atoms with Crippen LogP contribution in [0.25, 0.3) is 11.3 Å². The van der Waals surface area contributed by atoms with E-state index in [1.54, 1.807) is 12.4 Å². The summed E-state index contributed by atoms with van der Waals surface area (Å²) in [5, 5.41) is 13.9. The first-order valence-electron chi connectivity index (χ1n) is 6.11. The van der Waals surface area contributed by atoms with Crippen molar-refractivity contribution in [3.63, 3.8) is 0 Å². The van der Waals surface area contributed by atoms with E-state index in [0.717, 1.165) is 21.7 Å². The zero-order valence-electron chi connectivity index (χ0n) is 10.7. The summed E-state index contributed by atoms with van der Waals surface area (Å²) in [6.07, 6.45) is 5.48. The molecule has 5 nitrogen and oxygen atoms in total. The van der Waals surface area contributed by atoms with Gasteiger partial charge in [0.25, 0.3) is 0 Å². The van der Waals surface area contributed by atoms with E-state index in [0.29, 0.717) is 6.54 Å². The molecule has 0 saturated heterocycles. The van der Waals surface area contributed by atoms with Gasteiger partial charge < -0.3 is 0 Å². The monoisotopic (exact) mass is 283 g/mol. The van der Waals surface area contributed by atoms with E-state index < -0.39 is 0 Å². The Hall–Kier alpha value is -2.18. The minimum Gasteiger partial charge on any atom is -0.274 e. The highest BCUT2D eigenvalue weighted by Crippen LogP contribution is 2.20. The van der Waals surface area contributed by atoms with Crippen molar-refractivity contribution in [3.05, 3.63) is 60.6 Å². The van der Waals surface area contributed by atoms with Crippen molar-refractivity contribution in [2.75, 3.05) is 0 Å². The third kappa shape index (κ3) is 2.87. The summed E-state index contributed by atoms with van der Waals surface area (Å²) < 4.78 is 1.82. The zero-order chi connectivity index (χ0) is 13.8. The second-order valence-electron chi connectivity index (χ2n) is 4.30. The molecular formula is C14H13N5S. The molecule has 0 bridgehead atoms. The molecule has 20 heavy (non-hydrogen) atoms. The van der Waals surface area contributed by atoms with E-state index in [-0.39, 0.29) is 0 Å². The molecule has 1 aromatic carbocycles. The van der Waals surface area contributed by atoms with E-state index in [9.17, 15) is 0 Å². The van der Waals surface area contributed by atoms with E-state index in [1.807, 2.05) is 47.3 Å². The zero-order valence-corrected chi connectivity index (χ0v) is 11.5. The lowest BCUT2D eigenvalue weighted by Crippen LogP contribution is -2.00. The first-order valence-corrected chi connectivity index (χ1v) is 6.99. The highest BCUT2D eigenvalue weighted by Gasteiger charge is 2.04. The van der Waals surface area contributed by atoms with Gasteiger partial charge in [-0.25, -0.2) is 4.68 Å². The molecule has 0 fully saturated rings. The third-order valence-corrected chi connectivity index (χ3v) is 3.46. The molecule has 0 unspecified atom stereocenters. The van der Waals surface area contributed by atoms with Crippen molar-refractivity contribution in [3.8, 4) is 11.3 Å². The molecule has 100 valence electrons. The average Bonchev–Trinajstić information content (AvgIpc) is 2.97. The summed E-state index contributed by atoms with van der Waals surface area (Å²) in [6, 6.07) is 11.9. The van der Waals surface area contributed by atoms with Gasteiger partial charge in [0.1, 0.15) is 5.69 Å². The molecule has 6 heteroatoms. The molecule has 0 amide bonds. The number of hydrogen-bond donors (Lipinski definition) is 1. The van der Waals surface area contributed by atoms with E-state index in [2.05, 4.69) is 15.3 Å². The van der Waals surface area contributed by atoms with Crippen LogP contribution < -0.4 is 5.14 Å². The number of hydrogen-bond acceptors (Lipinski definition) is 5. The van der Waals surface area contributed by atoms with E-state index in [4.69, 9.17) is 5.14 Å². The van der Waals surface area contributed by atoms with Crippen molar-refractivity contribution < 1.29 is 0 Å². The van der Waals surface area contributed by atoms with Crippen LogP contribution in [0.3, 0.4) is 0 Å². The normalized spacial score (nSPS) is 10.7. The minimum absolute atomic E-state index is 0.687. The molecule has 0 aliphatic carbocycles. The molecule has 0 radical (unpaired) electrons. The van der Waals surface area contributed by atoms with Crippen LogP contribution in [-0.2, 0) is 6.54 Å².